The van der Waals surface area contributed by atoms with Gasteiger partial charge in [0.2, 0.25) is 0 Å². The molecule has 6 nitrogen and oxygen atoms in total. The molecule has 0 aromatic heterocycles. The number of aryl methyl sites for hydroxylation is 2. The number of ketones is 1. The van der Waals surface area contributed by atoms with Crippen molar-refractivity contribution in [1.29, 1.82) is 0 Å². The van der Waals surface area contributed by atoms with Crippen molar-refractivity contribution in [2.75, 3.05) is 6.54 Å². The smallest absolute Gasteiger partial charge is 0.273 e. The van der Waals surface area contributed by atoms with E-state index in [-0.39, 0.29) is 33.2 Å². The van der Waals surface area contributed by atoms with Gasteiger partial charge in [-0.1, -0.05) is 47.5 Å². The number of carbonyl (C=O) groups is 4. The van der Waals surface area contributed by atoms with Crippen LogP contribution in [0.25, 0.3) is 0 Å². The van der Waals surface area contributed by atoms with Crippen LogP contribution in [0.4, 0.5) is 0 Å². The third-order valence-corrected chi connectivity index (χ3v) is 9.14. The molecule has 2 saturated carbocycles. The van der Waals surface area contributed by atoms with Crippen molar-refractivity contribution in [3.63, 3.8) is 0 Å². The van der Waals surface area contributed by atoms with Gasteiger partial charge in [0.05, 0.1) is 21.9 Å². The Morgan fingerprint density at radius 3 is 2.06 bits per heavy atom. The highest BCUT2D eigenvalue weighted by Crippen LogP contribution is 2.65. The third kappa shape index (κ3) is 3.46. The minimum Gasteiger partial charge on any atom is -0.292 e. The van der Waals surface area contributed by atoms with Gasteiger partial charge in [-0.25, -0.2) is 5.01 Å². The lowest BCUT2D eigenvalue weighted by atomic mass is 9.63. The van der Waals surface area contributed by atoms with Crippen LogP contribution in [-0.2, 0) is 9.59 Å². The molecular formula is C28H24Cl2N2O4. The lowest BCUT2D eigenvalue weighted by Gasteiger charge is -2.37. The second kappa shape index (κ2) is 8.29. The van der Waals surface area contributed by atoms with Gasteiger partial charge in [-0.15, -0.1) is 0 Å². The molecule has 5 aliphatic rings. The number of hydrazine groups is 1. The maximum Gasteiger partial charge on any atom is 0.273 e. The summed E-state index contributed by atoms with van der Waals surface area (Å²) in [6, 6.07) is 9.62. The van der Waals surface area contributed by atoms with Crippen molar-refractivity contribution in [3.05, 3.63) is 80.8 Å². The summed E-state index contributed by atoms with van der Waals surface area (Å²) in [4.78, 5) is 54.6. The van der Waals surface area contributed by atoms with Crippen molar-refractivity contribution in [2.24, 2.45) is 35.5 Å². The Morgan fingerprint density at radius 1 is 0.861 bits per heavy atom. The summed E-state index contributed by atoms with van der Waals surface area (Å²) < 4.78 is 0. The number of halogens is 2. The zero-order valence-electron chi connectivity index (χ0n) is 19.8. The average molecular weight is 523 g/mol. The summed E-state index contributed by atoms with van der Waals surface area (Å²) in [5.74, 6) is -1.96. The highest BCUT2D eigenvalue weighted by atomic mass is 35.5. The maximum atomic E-state index is 13.7. The molecular weight excluding hydrogens is 499 g/mol. The first kappa shape index (κ1) is 23.4. The Labute approximate surface area is 218 Å². The second-order valence-electron chi connectivity index (χ2n) is 10.4. The van der Waals surface area contributed by atoms with Crippen molar-refractivity contribution >= 4 is 46.7 Å². The molecule has 1 aliphatic heterocycles. The van der Waals surface area contributed by atoms with Crippen LogP contribution >= 0.6 is 23.2 Å². The van der Waals surface area contributed by atoms with Gasteiger partial charge in [0.15, 0.2) is 5.78 Å². The van der Waals surface area contributed by atoms with Crippen LogP contribution in [0.5, 0.6) is 0 Å². The molecule has 0 N–H and O–H groups in total. The third-order valence-electron chi connectivity index (χ3n) is 8.40. The maximum absolute atomic E-state index is 13.7. The number of amides is 3. The number of Topliss-reactive ketones (excluding diaryl/α,β-unsaturated/α-hetero) is 1. The van der Waals surface area contributed by atoms with Crippen molar-refractivity contribution in [2.45, 2.75) is 20.3 Å². The predicted octanol–water partition coefficient (Wildman–Crippen LogP) is 4.90. The molecule has 1 heterocycles. The van der Waals surface area contributed by atoms with Crippen LogP contribution in [-0.4, -0.2) is 40.1 Å². The number of hydrogen-bond acceptors (Lipinski definition) is 4. The molecule has 2 aromatic carbocycles. The summed E-state index contributed by atoms with van der Waals surface area (Å²) in [6.45, 7) is 3.39. The predicted molar refractivity (Wildman–Crippen MR) is 134 cm³/mol. The first-order chi connectivity index (χ1) is 17.2. The van der Waals surface area contributed by atoms with E-state index >= 15 is 0 Å². The van der Waals surface area contributed by atoms with Crippen molar-refractivity contribution < 1.29 is 19.2 Å². The summed E-state index contributed by atoms with van der Waals surface area (Å²) in [5, 5.41) is 2.38. The van der Waals surface area contributed by atoms with Gasteiger partial charge >= 0.3 is 0 Å². The van der Waals surface area contributed by atoms with E-state index in [1.165, 1.54) is 18.2 Å². The highest BCUT2D eigenvalue weighted by molar-refractivity contribution is 6.42. The minimum atomic E-state index is -0.656. The van der Waals surface area contributed by atoms with E-state index in [0.29, 0.717) is 17.4 Å². The number of carbonyl (C=O) groups excluding carboxylic acids is 4. The SMILES string of the molecule is Cc1ccc(C(=O)CN(C(=O)c2ccc(Cl)c(Cl)c2)N2C(=O)[C@@H]3[C@H]4C=C[C@@H]([C@@H]5C[C@H]45)[C@H]3C2=O)cc1C. The fraction of sp³-hybridized carbons (Fsp3) is 0.357. The Bertz CT molecular complexity index is 1350. The fourth-order valence-electron chi connectivity index (χ4n) is 6.33. The molecule has 3 amide bonds. The average Bonchev–Trinajstić information content (AvgIpc) is 3.64. The Kier molecular flexibility index (Phi) is 5.39. The number of hydrogen-bond donors (Lipinski definition) is 0. The van der Waals surface area contributed by atoms with Crippen LogP contribution in [0.1, 0.15) is 38.3 Å². The normalized spacial score (nSPS) is 29.3. The van der Waals surface area contributed by atoms with E-state index in [4.69, 9.17) is 23.2 Å². The quantitative estimate of drug-likeness (QED) is 0.318. The molecule has 36 heavy (non-hydrogen) atoms. The lowest BCUT2D eigenvalue weighted by Crippen LogP contribution is -2.52. The summed E-state index contributed by atoms with van der Waals surface area (Å²) in [7, 11) is 0. The molecule has 6 atom stereocenters. The standard InChI is InChI=1S/C28H24Cl2N2O4/c1-13-3-4-15(9-14(13)2)23(33)12-31(26(34)16-5-8-21(29)22(30)10-16)32-27(35)24-17-6-7-18(20-11-19(17)20)25(24)28(32)36/h3-10,17-20,24-25H,11-12H2,1-2H3/t17-,18-,19-,20+,24+,25+/m0/s1. The zero-order valence-corrected chi connectivity index (χ0v) is 21.3. The Balaban J connectivity index is 1.38. The van der Waals surface area contributed by atoms with E-state index in [9.17, 15) is 19.2 Å². The molecule has 184 valence electrons. The van der Waals surface area contributed by atoms with Gasteiger partial charge in [-0.05, 0) is 79.3 Å². The van der Waals surface area contributed by atoms with Gasteiger partial charge in [0.1, 0.15) is 6.54 Å². The first-order valence-corrected chi connectivity index (χ1v) is 12.9. The van der Waals surface area contributed by atoms with Gasteiger partial charge in [-0.2, -0.15) is 5.01 Å². The molecule has 1 saturated heterocycles. The molecule has 4 aliphatic carbocycles. The zero-order chi connectivity index (χ0) is 25.5. The Morgan fingerprint density at radius 2 is 1.47 bits per heavy atom. The minimum absolute atomic E-state index is 0.00354. The van der Waals surface area contributed by atoms with E-state index in [1.807, 2.05) is 19.9 Å². The van der Waals surface area contributed by atoms with E-state index in [0.717, 1.165) is 27.6 Å². The van der Waals surface area contributed by atoms with Crippen LogP contribution in [0.2, 0.25) is 10.0 Å². The van der Waals surface area contributed by atoms with Crippen LogP contribution in [0.15, 0.2) is 48.6 Å². The number of imide groups is 1. The van der Waals surface area contributed by atoms with E-state index < -0.39 is 36.1 Å². The highest BCUT2D eigenvalue weighted by Gasteiger charge is 2.68. The molecule has 0 spiro atoms. The van der Waals surface area contributed by atoms with Crippen molar-refractivity contribution in [3.8, 4) is 0 Å². The van der Waals surface area contributed by atoms with Crippen molar-refractivity contribution in [1.82, 2.24) is 10.0 Å². The molecule has 2 bridgehead atoms. The monoisotopic (exact) mass is 522 g/mol. The first-order valence-electron chi connectivity index (χ1n) is 12.1. The Hall–Kier alpha value is -2.96. The molecule has 0 radical (unpaired) electrons. The van der Waals surface area contributed by atoms with Gasteiger partial charge in [0, 0.05) is 11.1 Å². The fourth-order valence-corrected chi connectivity index (χ4v) is 6.63. The molecule has 3 fully saturated rings. The largest absolute Gasteiger partial charge is 0.292 e. The summed E-state index contributed by atoms with van der Waals surface area (Å²) >= 11 is 12.2. The van der Waals surface area contributed by atoms with Crippen LogP contribution < -0.4 is 0 Å². The summed E-state index contributed by atoms with van der Waals surface area (Å²) in [5.41, 5.74) is 2.51. The molecule has 2 aromatic rings. The topological polar surface area (TPSA) is 74.8 Å². The number of rotatable bonds is 5. The molecule has 0 unspecified atom stereocenters. The lowest BCUT2D eigenvalue weighted by molar-refractivity contribution is -0.154. The number of allylic oxidation sites excluding steroid dienone is 2. The van der Waals surface area contributed by atoms with E-state index in [1.54, 1.807) is 12.1 Å². The number of nitrogens with zero attached hydrogens (tertiary/aromatic N) is 2. The molecule has 7 rings (SSSR count). The molecule has 8 heteroatoms. The number of benzene rings is 2. The summed E-state index contributed by atoms with van der Waals surface area (Å²) in [6.07, 6.45) is 5.17. The van der Waals surface area contributed by atoms with E-state index in [2.05, 4.69) is 12.2 Å². The van der Waals surface area contributed by atoms with Gasteiger partial charge in [-0.3, -0.25) is 19.2 Å². The van der Waals surface area contributed by atoms with Crippen LogP contribution in [0, 0.1) is 49.4 Å². The van der Waals surface area contributed by atoms with Crippen LogP contribution in [0.3, 0.4) is 0 Å². The van der Waals surface area contributed by atoms with Gasteiger partial charge < -0.3 is 0 Å². The van der Waals surface area contributed by atoms with Gasteiger partial charge in [0.25, 0.3) is 17.7 Å². The second-order valence-corrected chi connectivity index (χ2v) is 11.2.